The van der Waals surface area contributed by atoms with Crippen LogP contribution in [0.2, 0.25) is 0 Å². The van der Waals surface area contributed by atoms with Gasteiger partial charge in [0.1, 0.15) is 11.6 Å². The molecule has 4 nitrogen and oxygen atoms in total. The first-order chi connectivity index (χ1) is 21.7. The van der Waals surface area contributed by atoms with Crippen LogP contribution in [0, 0.1) is 22.7 Å². The lowest BCUT2D eigenvalue weighted by Crippen LogP contribution is -2.05. The lowest BCUT2D eigenvalue weighted by atomic mass is 10.0. The largest absolute Gasteiger partial charge is 0.308 e. The topological polar surface area (TPSA) is 57.4 Å². The summed E-state index contributed by atoms with van der Waals surface area (Å²) in [6.07, 6.45) is 0. The molecule has 0 spiro atoms. The van der Waals surface area contributed by atoms with Crippen molar-refractivity contribution in [1.29, 1.82) is 10.5 Å². The first kappa shape index (κ1) is 24.3. The molecular formula is C40H22N4. The van der Waals surface area contributed by atoms with Crippen LogP contribution in [0.3, 0.4) is 0 Å². The van der Waals surface area contributed by atoms with Gasteiger partial charge in [0.25, 0.3) is 0 Å². The van der Waals surface area contributed by atoms with Gasteiger partial charge in [-0.15, -0.1) is 0 Å². The Balaban J connectivity index is 1.45. The van der Waals surface area contributed by atoms with E-state index in [0.29, 0.717) is 22.5 Å². The van der Waals surface area contributed by atoms with Crippen LogP contribution >= 0.6 is 0 Å². The fraction of sp³-hybridized carbons (Fsp3) is 0. The first-order valence-corrected chi connectivity index (χ1v) is 14.6. The highest BCUT2D eigenvalue weighted by molar-refractivity contribution is 6.15. The third kappa shape index (κ3) is 3.31. The Morgan fingerprint density at radius 2 is 0.795 bits per heavy atom. The van der Waals surface area contributed by atoms with Crippen molar-refractivity contribution >= 4 is 65.2 Å². The van der Waals surface area contributed by atoms with E-state index in [0.717, 1.165) is 65.2 Å². The monoisotopic (exact) mass is 558 g/mol. The summed E-state index contributed by atoms with van der Waals surface area (Å²) in [5, 5.41) is 30.2. The molecule has 0 aliphatic carbocycles. The second-order valence-electron chi connectivity index (χ2n) is 11.3. The van der Waals surface area contributed by atoms with Gasteiger partial charge in [-0.3, -0.25) is 0 Å². The number of rotatable bonds is 2. The molecule has 0 unspecified atom stereocenters. The van der Waals surface area contributed by atoms with E-state index in [1.807, 2.05) is 48.5 Å². The van der Waals surface area contributed by atoms with Crippen molar-refractivity contribution in [3.05, 3.63) is 145 Å². The van der Waals surface area contributed by atoms with E-state index in [2.05, 4.69) is 106 Å². The molecule has 0 aliphatic heterocycles. The van der Waals surface area contributed by atoms with Crippen molar-refractivity contribution in [2.75, 3.05) is 0 Å². The lowest BCUT2D eigenvalue weighted by Gasteiger charge is -2.17. The number of hydrogen-bond acceptors (Lipinski definition) is 2. The number of fused-ring (bicyclic) bond motifs is 8. The van der Waals surface area contributed by atoms with Crippen molar-refractivity contribution in [1.82, 2.24) is 9.13 Å². The molecule has 0 aliphatic rings. The van der Waals surface area contributed by atoms with Crippen LogP contribution in [0.15, 0.2) is 133 Å². The van der Waals surface area contributed by atoms with E-state index in [9.17, 15) is 10.5 Å². The maximum atomic E-state index is 10.9. The molecule has 0 fully saturated rings. The fourth-order valence-electron chi connectivity index (χ4n) is 6.97. The highest BCUT2D eigenvalue weighted by Crippen LogP contribution is 2.40. The van der Waals surface area contributed by atoms with Crippen molar-refractivity contribution in [2.24, 2.45) is 0 Å². The van der Waals surface area contributed by atoms with E-state index < -0.39 is 0 Å². The number of nitrogens with zero attached hydrogens (tertiary/aromatic N) is 4. The minimum atomic E-state index is 0.493. The van der Waals surface area contributed by atoms with Gasteiger partial charge in [0, 0.05) is 21.5 Å². The number of benzene rings is 7. The van der Waals surface area contributed by atoms with Crippen molar-refractivity contribution in [2.45, 2.75) is 0 Å². The number of hydrogen-bond donors (Lipinski definition) is 0. The zero-order valence-electron chi connectivity index (χ0n) is 23.5. The lowest BCUT2D eigenvalue weighted by molar-refractivity contribution is 1.11. The van der Waals surface area contributed by atoms with Crippen LogP contribution in [-0.4, -0.2) is 9.13 Å². The van der Waals surface area contributed by atoms with Gasteiger partial charge in [0.15, 0.2) is 0 Å². The van der Waals surface area contributed by atoms with E-state index in [4.69, 9.17) is 0 Å². The fourth-order valence-corrected chi connectivity index (χ4v) is 6.97. The molecule has 0 saturated carbocycles. The average molecular weight is 559 g/mol. The predicted molar refractivity (Wildman–Crippen MR) is 180 cm³/mol. The van der Waals surface area contributed by atoms with Gasteiger partial charge in [-0.2, -0.15) is 10.5 Å². The molecule has 9 aromatic rings. The van der Waals surface area contributed by atoms with Gasteiger partial charge in [-0.25, -0.2) is 0 Å². The highest BCUT2D eigenvalue weighted by atomic mass is 15.0. The molecule has 2 heterocycles. The van der Waals surface area contributed by atoms with Crippen molar-refractivity contribution in [3.8, 4) is 23.5 Å². The maximum absolute atomic E-state index is 10.9. The second kappa shape index (κ2) is 9.07. The summed E-state index contributed by atoms with van der Waals surface area (Å²) >= 11 is 0. The predicted octanol–water partition coefficient (Wildman–Crippen LogP) is 9.93. The molecule has 202 valence electrons. The molecule has 0 amide bonds. The third-order valence-electron chi connectivity index (χ3n) is 8.90. The maximum Gasteiger partial charge on any atom is 0.104 e. The Morgan fingerprint density at radius 3 is 1.23 bits per heavy atom. The molecule has 0 radical (unpaired) electrons. The van der Waals surface area contributed by atoms with Gasteiger partial charge in [-0.05, 0) is 70.1 Å². The molecule has 7 aromatic carbocycles. The summed E-state index contributed by atoms with van der Waals surface area (Å²) in [4.78, 5) is 0. The minimum Gasteiger partial charge on any atom is -0.308 e. The zero-order chi connectivity index (χ0) is 29.4. The van der Waals surface area contributed by atoms with Gasteiger partial charge >= 0.3 is 0 Å². The van der Waals surface area contributed by atoms with Crippen LogP contribution in [0.25, 0.3) is 76.5 Å². The Morgan fingerprint density at radius 1 is 0.386 bits per heavy atom. The second-order valence-corrected chi connectivity index (χ2v) is 11.3. The highest BCUT2D eigenvalue weighted by Gasteiger charge is 2.22. The molecule has 0 N–H and O–H groups in total. The number of aromatic nitrogens is 2. The summed E-state index contributed by atoms with van der Waals surface area (Å²) in [6, 6.07) is 50.8. The summed E-state index contributed by atoms with van der Waals surface area (Å²) in [6.45, 7) is 0. The van der Waals surface area contributed by atoms with Crippen LogP contribution in [0.1, 0.15) is 11.1 Å². The molecule has 0 bridgehead atoms. The summed E-state index contributed by atoms with van der Waals surface area (Å²) in [5.41, 5.74) is 6.35. The minimum absolute atomic E-state index is 0.493. The summed E-state index contributed by atoms with van der Waals surface area (Å²) in [7, 11) is 0. The standard InChI is InChI=1S/C40H22N4/c41-23-25-17-37(43-35-15-7-5-13-30(35)32-19-26-9-1-3-11-28(26)21-39(32)43)34(24-42)38(18-25)44-36-16-8-6-14-31(36)33-20-27-10-2-4-12-29(27)22-40(33)44/h1-22H. The van der Waals surface area contributed by atoms with Crippen LogP contribution in [0.5, 0.6) is 0 Å². The Bertz CT molecular complexity index is 2570. The number of nitriles is 2. The first-order valence-electron chi connectivity index (χ1n) is 14.6. The smallest absolute Gasteiger partial charge is 0.104 e. The van der Waals surface area contributed by atoms with Crippen LogP contribution in [0.4, 0.5) is 0 Å². The average Bonchev–Trinajstić information content (AvgIpc) is 3.57. The molecule has 0 saturated heterocycles. The Labute approximate surface area is 252 Å². The summed E-state index contributed by atoms with van der Waals surface area (Å²) < 4.78 is 4.31. The summed E-state index contributed by atoms with van der Waals surface area (Å²) in [5.74, 6) is 0. The molecule has 0 atom stereocenters. The van der Waals surface area contributed by atoms with E-state index in [-0.39, 0.29) is 0 Å². The molecule has 44 heavy (non-hydrogen) atoms. The van der Waals surface area contributed by atoms with E-state index >= 15 is 0 Å². The molecular weight excluding hydrogens is 536 g/mol. The van der Waals surface area contributed by atoms with E-state index in [1.54, 1.807) is 0 Å². The van der Waals surface area contributed by atoms with Crippen LogP contribution < -0.4 is 0 Å². The molecule has 4 heteroatoms. The van der Waals surface area contributed by atoms with Crippen molar-refractivity contribution in [3.63, 3.8) is 0 Å². The number of para-hydroxylation sites is 2. The Hall–Kier alpha value is -6.36. The van der Waals surface area contributed by atoms with Gasteiger partial charge in [-0.1, -0.05) is 84.9 Å². The zero-order valence-corrected chi connectivity index (χ0v) is 23.5. The van der Waals surface area contributed by atoms with Gasteiger partial charge in [0.2, 0.25) is 0 Å². The quantitative estimate of drug-likeness (QED) is 0.212. The van der Waals surface area contributed by atoms with Crippen LogP contribution in [-0.2, 0) is 0 Å². The normalized spacial score (nSPS) is 11.6. The van der Waals surface area contributed by atoms with Gasteiger partial charge in [0.05, 0.1) is 45.1 Å². The SMILES string of the molecule is N#Cc1cc(-n2c3ccccc3c3cc4ccccc4cc32)c(C#N)c(-n2c3ccccc3c3cc4ccccc4cc32)c1. The van der Waals surface area contributed by atoms with E-state index in [1.165, 1.54) is 0 Å². The molecule has 2 aromatic heterocycles. The van der Waals surface area contributed by atoms with Gasteiger partial charge < -0.3 is 9.13 Å². The Kier molecular flexibility index (Phi) is 5.00. The third-order valence-corrected chi connectivity index (χ3v) is 8.90. The molecule has 9 rings (SSSR count). The van der Waals surface area contributed by atoms with Crippen molar-refractivity contribution < 1.29 is 0 Å².